The fourth-order valence-corrected chi connectivity index (χ4v) is 6.27. The van der Waals surface area contributed by atoms with Crippen LogP contribution in [0.4, 0.5) is 10.5 Å². The molecule has 0 bridgehead atoms. The smallest absolute Gasteiger partial charge is 0.408 e. The number of hydrogen-bond acceptors (Lipinski definition) is 10. The van der Waals surface area contributed by atoms with Crippen LogP contribution in [-0.4, -0.2) is 86.6 Å². The number of unbranched alkanes of at least 4 members (excludes halogenated alkanes) is 2. The minimum atomic E-state index is -1.09. The van der Waals surface area contributed by atoms with Crippen LogP contribution in [0, 0.1) is 5.92 Å². The Bertz CT molecular complexity index is 1850. The molecule has 0 spiro atoms. The molecular formula is C42H63ClN10O7. The molecule has 0 aliphatic carbocycles. The summed E-state index contributed by atoms with van der Waals surface area (Å²) in [5.41, 5.74) is 23.7. The number of carbonyl (C=O) groups excluding carboxylic acids is 5. The van der Waals surface area contributed by atoms with Crippen molar-refractivity contribution < 1.29 is 33.4 Å². The van der Waals surface area contributed by atoms with Crippen molar-refractivity contribution in [2.75, 3.05) is 32.1 Å². The summed E-state index contributed by atoms with van der Waals surface area (Å²) in [6, 6.07) is 15.9. The van der Waals surface area contributed by atoms with E-state index in [1.54, 1.807) is 26.0 Å². The topological polar surface area (TPSA) is 280 Å². The van der Waals surface area contributed by atoms with E-state index in [1.807, 2.05) is 54.6 Å². The molecule has 0 aliphatic rings. The van der Waals surface area contributed by atoms with Crippen LogP contribution >= 0.6 is 12.4 Å². The van der Waals surface area contributed by atoms with Crippen molar-refractivity contribution in [3.63, 3.8) is 0 Å². The molecule has 60 heavy (non-hydrogen) atoms. The number of hydrogen-bond donors (Lipinski definition) is 9. The van der Waals surface area contributed by atoms with Gasteiger partial charge in [-0.25, -0.2) is 4.79 Å². The number of carbonyl (C=O) groups is 5. The summed E-state index contributed by atoms with van der Waals surface area (Å²) in [7, 11) is 1.54. The summed E-state index contributed by atoms with van der Waals surface area (Å²) in [5.74, 6) is -2.25. The number of amides is 5. The van der Waals surface area contributed by atoms with Gasteiger partial charge in [-0.15, -0.1) is 12.4 Å². The van der Waals surface area contributed by atoms with Crippen LogP contribution in [0.2, 0.25) is 0 Å². The molecule has 0 aliphatic heterocycles. The van der Waals surface area contributed by atoms with Crippen molar-refractivity contribution in [3.05, 3.63) is 72.3 Å². The van der Waals surface area contributed by atoms with Crippen LogP contribution in [0.25, 0.3) is 10.8 Å². The summed E-state index contributed by atoms with van der Waals surface area (Å²) in [5, 5.41) is 15.6. The number of nitrogens with two attached hydrogens (primary N) is 4. The highest BCUT2D eigenvalue weighted by Crippen LogP contribution is 2.30. The molecule has 0 aromatic heterocycles. The lowest BCUT2D eigenvalue weighted by atomic mass is 10.0. The highest BCUT2D eigenvalue weighted by atomic mass is 35.5. The molecule has 4 atom stereocenters. The molecule has 3 aromatic carbocycles. The Kier molecular flexibility index (Phi) is 22.9. The number of benzene rings is 3. The number of anilines is 1. The number of nitrogens with zero attached hydrogens (tertiary/aromatic N) is 1. The predicted octanol–water partition coefficient (Wildman–Crippen LogP) is 2.93. The monoisotopic (exact) mass is 854 g/mol. The zero-order chi connectivity index (χ0) is 43.2. The van der Waals surface area contributed by atoms with Gasteiger partial charge in [0.15, 0.2) is 5.96 Å². The maximum absolute atomic E-state index is 14.1. The zero-order valence-corrected chi connectivity index (χ0v) is 35.6. The molecule has 0 heterocycles. The first kappa shape index (κ1) is 50.5. The Labute approximate surface area is 358 Å². The zero-order valence-electron chi connectivity index (χ0n) is 34.7. The van der Waals surface area contributed by atoms with Crippen LogP contribution in [0.15, 0.2) is 71.7 Å². The summed E-state index contributed by atoms with van der Waals surface area (Å²) in [4.78, 5) is 72.3. The average Bonchev–Trinajstić information content (AvgIpc) is 3.22. The fourth-order valence-electron chi connectivity index (χ4n) is 6.27. The van der Waals surface area contributed by atoms with E-state index >= 15 is 0 Å². The molecule has 0 saturated carbocycles. The first-order chi connectivity index (χ1) is 28.4. The molecule has 0 saturated heterocycles. The predicted molar refractivity (Wildman–Crippen MR) is 236 cm³/mol. The molecule has 18 heteroatoms. The van der Waals surface area contributed by atoms with Gasteiger partial charge in [-0.2, -0.15) is 0 Å². The number of nitrogens with one attached hydrogen (secondary N) is 5. The number of methoxy groups -OCH3 is 1. The fraction of sp³-hybridized carbons (Fsp3) is 0.476. The van der Waals surface area contributed by atoms with E-state index in [0.29, 0.717) is 56.6 Å². The summed E-state index contributed by atoms with van der Waals surface area (Å²) >= 11 is 0. The molecular weight excluding hydrogens is 792 g/mol. The number of guanidine groups is 1. The van der Waals surface area contributed by atoms with Crippen molar-refractivity contribution >= 4 is 64.5 Å². The highest BCUT2D eigenvalue weighted by molar-refractivity contribution is 6.01. The van der Waals surface area contributed by atoms with E-state index in [0.717, 1.165) is 16.3 Å². The van der Waals surface area contributed by atoms with Crippen LogP contribution in [0.5, 0.6) is 5.75 Å². The molecule has 3 rings (SSSR count). The van der Waals surface area contributed by atoms with Crippen molar-refractivity contribution in [2.24, 2.45) is 33.8 Å². The third kappa shape index (κ3) is 17.3. The second-order valence-corrected chi connectivity index (χ2v) is 14.5. The van der Waals surface area contributed by atoms with Crippen LogP contribution in [-0.2, 0) is 30.5 Å². The number of ether oxygens (including phenoxy) is 2. The number of aliphatic imine (C=N–C) groups is 1. The maximum atomic E-state index is 14.1. The van der Waals surface area contributed by atoms with E-state index < -0.39 is 53.9 Å². The van der Waals surface area contributed by atoms with Gasteiger partial charge in [0, 0.05) is 23.7 Å². The Balaban J connectivity index is 0.0000124. The van der Waals surface area contributed by atoms with E-state index in [4.69, 9.17) is 32.4 Å². The molecule has 0 fully saturated rings. The molecule has 0 radical (unpaired) electrons. The first-order valence-corrected chi connectivity index (χ1v) is 20.1. The minimum Gasteiger partial charge on any atom is -0.496 e. The molecule has 17 nitrogen and oxygen atoms in total. The van der Waals surface area contributed by atoms with Crippen molar-refractivity contribution in [1.29, 1.82) is 0 Å². The van der Waals surface area contributed by atoms with Gasteiger partial charge in [0.25, 0.3) is 0 Å². The average molecular weight is 855 g/mol. The SMILES string of the molecule is COc1cc(NC(=O)C(CCCN=C(N)N)NC(=O)C(CCCCN)NC(=O)C(CCCCN)NC(=O)C(NC(=O)OCc2ccccc2)C(C)C)cc2ccccc12.Cl. The Morgan fingerprint density at radius 1 is 0.683 bits per heavy atom. The van der Waals surface area contributed by atoms with Gasteiger partial charge in [0.05, 0.1) is 7.11 Å². The van der Waals surface area contributed by atoms with E-state index in [9.17, 15) is 24.0 Å². The van der Waals surface area contributed by atoms with Gasteiger partial charge in [-0.3, -0.25) is 24.2 Å². The van der Waals surface area contributed by atoms with E-state index in [-0.39, 0.29) is 56.7 Å². The summed E-state index contributed by atoms with van der Waals surface area (Å²) < 4.78 is 10.9. The minimum absolute atomic E-state index is 0. The molecule has 5 amide bonds. The quantitative estimate of drug-likeness (QED) is 0.0339. The van der Waals surface area contributed by atoms with Crippen molar-refractivity contribution in [3.8, 4) is 5.75 Å². The summed E-state index contributed by atoms with van der Waals surface area (Å²) in [6.07, 6.45) is 2.27. The molecule has 3 aromatic rings. The lowest BCUT2D eigenvalue weighted by Gasteiger charge is -2.27. The van der Waals surface area contributed by atoms with E-state index in [2.05, 4.69) is 31.6 Å². The van der Waals surface area contributed by atoms with Gasteiger partial charge < -0.3 is 59.0 Å². The molecule has 330 valence electrons. The van der Waals surface area contributed by atoms with Crippen LogP contribution in [0.1, 0.15) is 70.8 Å². The lowest BCUT2D eigenvalue weighted by Crippen LogP contribution is -2.58. The van der Waals surface area contributed by atoms with E-state index in [1.165, 1.54) is 7.11 Å². The Morgan fingerprint density at radius 3 is 1.80 bits per heavy atom. The lowest BCUT2D eigenvalue weighted by molar-refractivity contribution is -0.134. The number of alkyl carbamates (subject to hydrolysis) is 1. The Hall–Kier alpha value is -5.65. The number of rotatable bonds is 25. The van der Waals surface area contributed by atoms with Crippen molar-refractivity contribution in [1.82, 2.24) is 21.3 Å². The molecule has 13 N–H and O–H groups in total. The third-order valence-electron chi connectivity index (χ3n) is 9.48. The standard InChI is InChI=1S/C42H62N10O7.ClH/c1-27(2)36(52-42(57)59-26-28-14-5-4-6-15-28)40(56)51-33(19-10-12-22-44)39(55)49-32(18-9-11-21-43)38(54)50-34(20-13-23-47-41(45)46)37(53)48-30-24-29-16-7-8-17-31(29)35(25-30)58-3;/h4-8,14-17,24-25,27,32-34,36H,9-13,18-23,26,43-44H2,1-3H3,(H,48,53)(H,49,55)(H,50,54)(H,51,56)(H,52,57)(H4,45,46,47);1H. The van der Waals surface area contributed by atoms with Gasteiger partial charge in [-0.1, -0.05) is 68.4 Å². The maximum Gasteiger partial charge on any atom is 0.408 e. The van der Waals surface area contributed by atoms with Gasteiger partial charge in [0.1, 0.15) is 36.5 Å². The molecule has 4 unspecified atom stereocenters. The second-order valence-electron chi connectivity index (χ2n) is 14.5. The van der Waals surface area contributed by atoms with Crippen molar-refractivity contribution in [2.45, 2.75) is 96.0 Å². The third-order valence-corrected chi connectivity index (χ3v) is 9.48. The highest BCUT2D eigenvalue weighted by Gasteiger charge is 2.32. The van der Waals surface area contributed by atoms with Gasteiger partial charge in [0.2, 0.25) is 23.6 Å². The Morgan fingerprint density at radius 2 is 1.23 bits per heavy atom. The van der Waals surface area contributed by atoms with Crippen LogP contribution in [0.3, 0.4) is 0 Å². The van der Waals surface area contributed by atoms with Crippen LogP contribution < -0.4 is 54.3 Å². The van der Waals surface area contributed by atoms with Gasteiger partial charge >= 0.3 is 6.09 Å². The second kappa shape index (κ2) is 27.2. The number of halogens is 1. The summed E-state index contributed by atoms with van der Waals surface area (Å²) in [6.45, 7) is 4.46. The largest absolute Gasteiger partial charge is 0.496 e. The number of fused-ring (bicyclic) bond motifs is 1. The normalized spacial score (nSPS) is 12.8. The van der Waals surface area contributed by atoms with Gasteiger partial charge in [-0.05, 0) is 87.4 Å². The first-order valence-electron chi connectivity index (χ1n) is 20.1.